The summed E-state index contributed by atoms with van der Waals surface area (Å²) in [6.07, 6.45) is 1.83. The van der Waals surface area contributed by atoms with Crippen molar-refractivity contribution < 1.29 is 4.74 Å². The molecule has 0 radical (unpaired) electrons. The van der Waals surface area contributed by atoms with Crippen molar-refractivity contribution in [1.29, 1.82) is 0 Å². The van der Waals surface area contributed by atoms with E-state index in [0.717, 1.165) is 33.6 Å². The lowest BCUT2D eigenvalue weighted by atomic mass is 10.1. The van der Waals surface area contributed by atoms with Crippen LogP contribution in [0.2, 0.25) is 0 Å². The number of fused-ring (bicyclic) bond motifs is 1. The van der Waals surface area contributed by atoms with Crippen LogP contribution in [0.15, 0.2) is 72.9 Å². The van der Waals surface area contributed by atoms with Crippen molar-refractivity contribution in [2.45, 2.75) is 0 Å². The molecule has 0 N–H and O–H groups in total. The molecule has 0 aliphatic heterocycles. The Hall–Kier alpha value is -3.27. The van der Waals surface area contributed by atoms with Gasteiger partial charge in [0.25, 0.3) is 0 Å². The first-order valence-electron chi connectivity index (χ1n) is 7.68. The molecule has 0 atom stereocenters. The van der Waals surface area contributed by atoms with Crippen molar-refractivity contribution in [3.05, 3.63) is 72.9 Å². The molecule has 0 unspecified atom stereocenters. The summed E-state index contributed by atoms with van der Waals surface area (Å²) >= 11 is 0. The fraction of sp³-hybridized carbons (Fsp3) is 0.0500. The molecule has 2 aromatic carbocycles. The molecule has 0 aliphatic carbocycles. The monoisotopic (exact) mass is 313 g/mol. The summed E-state index contributed by atoms with van der Waals surface area (Å²) in [5, 5.41) is 1.01. The normalized spacial score (nSPS) is 10.7. The molecule has 2 aromatic heterocycles. The highest BCUT2D eigenvalue weighted by atomic mass is 16.5. The zero-order chi connectivity index (χ0) is 16.4. The van der Waals surface area contributed by atoms with Crippen molar-refractivity contribution in [2.75, 3.05) is 7.11 Å². The van der Waals surface area contributed by atoms with Crippen LogP contribution in [0.1, 0.15) is 0 Å². The molecule has 0 spiro atoms. The minimum absolute atomic E-state index is 0.605. The average Bonchev–Trinajstić information content (AvgIpc) is 2.68. The van der Waals surface area contributed by atoms with Crippen LogP contribution in [0.25, 0.3) is 33.7 Å². The number of nitrogens with zero attached hydrogens (tertiary/aromatic N) is 3. The van der Waals surface area contributed by atoms with Gasteiger partial charge in [0.1, 0.15) is 17.1 Å². The molecule has 0 saturated heterocycles. The Balaban J connectivity index is 1.86. The third-order valence-electron chi connectivity index (χ3n) is 3.84. The highest BCUT2D eigenvalue weighted by Gasteiger charge is 2.12. The summed E-state index contributed by atoms with van der Waals surface area (Å²) in [4.78, 5) is 13.8. The van der Waals surface area contributed by atoms with Crippen LogP contribution in [0.5, 0.6) is 5.75 Å². The standard InChI is InChI=1S/C20H15N3O/c1-24-18-12-11-17(22-19(18)14-7-3-2-4-8-14)20-21-13-15-9-5-6-10-16(15)23-20/h2-13H,1H3. The molecular formula is C20H15N3O. The first kappa shape index (κ1) is 14.3. The van der Waals surface area contributed by atoms with Gasteiger partial charge in [0.15, 0.2) is 5.82 Å². The van der Waals surface area contributed by atoms with Gasteiger partial charge in [-0.3, -0.25) is 0 Å². The number of methoxy groups -OCH3 is 1. The Labute approximate surface area is 139 Å². The molecule has 2 heterocycles. The van der Waals surface area contributed by atoms with Gasteiger partial charge in [0.2, 0.25) is 0 Å². The van der Waals surface area contributed by atoms with Crippen LogP contribution >= 0.6 is 0 Å². The van der Waals surface area contributed by atoms with Crippen LogP contribution in [0.3, 0.4) is 0 Å². The Morgan fingerprint density at radius 2 is 1.58 bits per heavy atom. The zero-order valence-electron chi connectivity index (χ0n) is 13.2. The first-order chi connectivity index (χ1) is 11.8. The third kappa shape index (κ3) is 2.58. The van der Waals surface area contributed by atoms with E-state index in [1.807, 2.05) is 72.9 Å². The summed E-state index contributed by atoms with van der Waals surface area (Å²) < 4.78 is 5.46. The molecule has 0 fully saturated rings. The lowest BCUT2D eigenvalue weighted by molar-refractivity contribution is 0.415. The first-order valence-corrected chi connectivity index (χ1v) is 7.68. The molecule has 4 rings (SSSR count). The van der Waals surface area contributed by atoms with E-state index in [1.54, 1.807) is 7.11 Å². The fourth-order valence-electron chi connectivity index (χ4n) is 2.63. The SMILES string of the molecule is COc1ccc(-c2ncc3ccccc3n2)nc1-c1ccccc1. The minimum Gasteiger partial charge on any atom is -0.494 e. The van der Waals surface area contributed by atoms with Gasteiger partial charge in [-0.2, -0.15) is 0 Å². The lowest BCUT2D eigenvalue weighted by Gasteiger charge is -2.10. The van der Waals surface area contributed by atoms with Gasteiger partial charge >= 0.3 is 0 Å². The number of pyridine rings is 1. The van der Waals surface area contributed by atoms with E-state index in [2.05, 4.69) is 9.97 Å². The van der Waals surface area contributed by atoms with E-state index >= 15 is 0 Å². The van der Waals surface area contributed by atoms with Gasteiger partial charge in [0, 0.05) is 17.1 Å². The number of hydrogen-bond donors (Lipinski definition) is 0. The fourth-order valence-corrected chi connectivity index (χ4v) is 2.63. The largest absolute Gasteiger partial charge is 0.494 e. The van der Waals surface area contributed by atoms with Gasteiger partial charge in [-0.25, -0.2) is 15.0 Å². The maximum absolute atomic E-state index is 5.46. The summed E-state index contributed by atoms with van der Waals surface area (Å²) in [6, 6.07) is 21.7. The summed E-state index contributed by atoms with van der Waals surface area (Å²) in [6.45, 7) is 0. The third-order valence-corrected chi connectivity index (χ3v) is 3.84. The van der Waals surface area contributed by atoms with E-state index in [1.165, 1.54) is 0 Å². The molecule has 0 saturated carbocycles. The second-order valence-corrected chi connectivity index (χ2v) is 5.37. The van der Waals surface area contributed by atoms with E-state index in [4.69, 9.17) is 9.72 Å². The van der Waals surface area contributed by atoms with Crippen LogP contribution in [0, 0.1) is 0 Å². The highest BCUT2D eigenvalue weighted by molar-refractivity contribution is 5.79. The Morgan fingerprint density at radius 3 is 2.42 bits per heavy atom. The Kier molecular flexibility index (Phi) is 3.63. The van der Waals surface area contributed by atoms with Crippen LogP contribution in [-0.2, 0) is 0 Å². The molecule has 0 aliphatic rings. The zero-order valence-corrected chi connectivity index (χ0v) is 13.2. The molecule has 0 bridgehead atoms. The lowest BCUT2D eigenvalue weighted by Crippen LogP contribution is -1.96. The van der Waals surface area contributed by atoms with Gasteiger partial charge in [-0.1, -0.05) is 48.5 Å². The maximum Gasteiger partial charge on any atom is 0.178 e. The smallest absolute Gasteiger partial charge is 0.178 e. The Bertz CT molecular complexity index is 1000. The summed E-state index contributed by atoms with van der Waals surface area (Å²) in [7, 11) is 1.65. The number of benzene rings is 2. The molecule has 4 nitrogen and oxygen atoms in total. The van der Waals surface area contributed by atoms with Gasteiger partial charge in [-0.05, 0) is 18.2 Å². The molecule has 4 aromatic rings. The van der Waals surface area contributed by atoms with E-state index in [-0.39, 0.29) is 0 Å². The second kappa shape index (κ2) is 6.08. The van der Waals surface area contributed by atoms with E-state index in [0.29, 0.717) is 5.82 Å². The van der Waals surface area contributed by atoms with Crippen molar-refractivity contribution in [1.82, 2.24) is 15.0 Å². The van der Waals surface area contributed by atoms with Crippen molar-refractivity contribution >= 4 is 10.9 Å². The molecule has 24 heavy (non-hydrogen) atoms. The van der Waals surface area contributed by atoms with Crippen molar-refractivity contribution in [3.63, 3.8) is 0 Å². The molecule has 0 amide bonds. The average molecular weight is 313 g/mol. The van der Waals surface area contributed by atoms with Crippen LogP contribution < -0.4 is 4.74 Å². The van der Waals surface area contributed by atoms with Crippen molar-refractivity contribution in [3.8, 4) is 28.5 Å². The topological polar surface area (TPSA) is 47.9 Å². The molecular weight excluding hydrogens is 298 g/mol. The van der Waals surface area contributed by atoms with E-state index in [9.17, 15) is 0 Å². The van der Waals surface area contributed by atoms with Gasteiger partial charge < -0.3 is 4.74 Å². The predicted octanol–water partition coefficient (Wildman–Crippen LogP) is 4.37. The van der Waals surface area contributed by atoms with E-state index < -0.39 is 0 Å². The highest BCUT2D eigenvalue weighted by Crippen LogP contribution is 2.30. The quantitative estimate of drug-likeness (QED) is 0.563. The van der Waals surface area contributed by atoms with Crippen molar-refractivity contribution in [2.24, 2.45) is 0 Å². The number of hydrogen-bond acceptors (Lipinski definition) is 4. The molecule has 116 valence electrons. The number of rotatable bonds is 3. The number of para-hydroxylation sites is 1. The maximum atomic E-state index is 5.46. The molecule has 4 heteroatoms. The Morgan fingerprint density at radius 1 is 0.792 bits per heavy atom. The summed E-state index contributed by atoms with van der Waals surface area (Å²) in [5.74, 6) is 1.33. The predicted molar refractivity (Wildman–Crippen MR) is 94.8 cm³/mol. The van der Waals surface area contributed by atoms with Crippen LogP contribution in [0.4, 0.5) is 0 Å². The summed E-state index contributed by atoms with van der Waals surface area (Å²) in [5.41, 5.74) is 3.41. The number of ether oxygens (including phenoxy) is 1. The minimum atomic E-state index is 0.605. The second-order valence-electron chi connectivity index (χ2n) is 5.37. The van der Waals surface area contributed by atoms with Gasteiger partial charge in [0.05, 0.1) is 12.6 Å². The van der Waals surface area contributed by atoms with Crippen LogP contribution in [-0.4, -0.2) is 22.1 Å². The number of aromatic nitrogens is 3. The van der Waals surface area contributed by atoms with Gasteiger partial charge in [-0.15, -0.1) is 0 Å².